The second-order valence-corrected chi connectivity index (χ2v) is 5.40. The average molecular weight is 348 g/mol. The molecule has 1 N–H and O–H groups in total. The van der Waals surface area contributed by atoms with Crippen LogP contribution in [0.3, 0.4) is 0 Å². The van der Waals surface area contributed by atoms with Gasteiger partial charge in [-0.3, -0.25) is 0 Å². The van der Waals surface area contributed by atoms with E-state index < -0.39 is 17.7 Å². The van der Waals surface area contributed by atoms with Gasteiger partial charge in [-0.25, -0.2) is 8.78 Å². The lowest BCUT2D eigenvalue weighted by Gasteiger charge is -2.12. The van der Waals surface area contributed by atoms with Gasteiger partial charge in [0.15, 0.2) is 11.6 Å². The molecule has 2 aromatic carbocycles. The van der Waals surface area contributed by atoms with Crippen molar-refractivity contribution in [3.8, 4) is 0 Å². The number of hydrogen-bond acceptors (Lipinski definition) is 1. The molecule has 0 heterocycles. The molecule has 1 atom stereocenters. The van der Waals surface area contributed by atoms with Crippen LogP contribution in [0.25, 0.3) is 0 Å². The molecule has 0 fully saturated rings. The molecule has 0 radical (unpaired) electrons. The first-order valence-electron chi connectivity index (χ1n) is 5.54. The maximum absolute atomic E-state index is 13.1. The zero-order valence-electron chi connectivity index (χ0n) is 9.71. The Labute approximate surface area is 123 Å². The molecule has 0 aliphatic rings. The predicted octanol–water partition coefficient (Wildman–Crippen LogP) is 4.66. The molecule has 0 aromatic heterocycles. The van der Waals surface area contributed by atoms with E-state index in [1.807, 2.05) is 0 Å². The molecule has 1 nitrogen and oxygen atoms in total. The van der Waals surface area contributed by atoms with E-state index in [1.165, 1.54) is 6.07 Å². The van der Waals surface area contributed by atoms with Crippen LogP contribution in [0.15, 0.2) is 40.9 Å². The van der Waals surface area contributed by atoms with Crippen LogP contribution in [0.1, 0.15) is 17.2 Å². The van der Waals surface area contributed by atoms with Gasteiger partial charge in [0.05, 0.1) is 11.1 Å². The Morgan fingerprint density at radius 3 is 2.47 bits per heavy atom. The third-order valence-electron chi connectivity index (χ3n) is 2.74. The van der Waals surface area contributed by atoms with Gasteiger partial charge < -0.3 is 5.11 Å². The van der Waals surface area contributed by atoms with E-state index in [0.29, 0.717) is 16.1 Å². The van der Waals surface area contributed by atoms with E-state index in [-0.39, 0.29) is 6.42 Å². The van der Waals surface area contributed by atoms with Crippen molar-refractivity contribution >= 4 is 27.5 Å². The fourth-order valence-corrected chi connectivity index (χ4v) is 2.16. The summed E-state index contributed by atoms with van der Waals surface area (Å²) in [6, 6.07) is 8.66. The fraction of sp³-hybridized carbons (Fsp3) is 0.143. The van der Waals surface area contributed by atoms with E-state index in [2.05, 4.69) is 15.9 Å². The first-order chi connectivity index (χ1) is 8.97. The normalized spacial score (nSPS) is 12.5. The highest BCUT2D eigenvalue weighted by molar-refractivity contribution is 9.10. The maximum Gasteiger partial charge on any atom is 0.159 e. The SMILES string of the molecule is OC(Cc1ccc(F)c(F)c1)c1ccc(Br)c(Cl)c1. The number of benzene rings is 2. The van der Waals surface area contributed by atoms with Crippen LogP contribution in [-0.2, 0) is 6.42 Å². The van der Waals surface area contributed by atoms with Gasteiger partial charge in [0.25, 0.3) is 0 Å². The molecule has 0 saturated carbocycles. The smallest absolute Gasteiger partial charge is 0.159 e. The molecule has 1 unspecified atom stereocenters. The van der Waals surface area contributed by atoms with Crippen molar-refractivity contribution < 1.29 is 13.9 Å². The number of rotatable bonds is 3. The zero-order chi connectivity index (χ0) is 14.0. The molecule has 100 valence electrons. The van der Waals surface area contributed by atoms with E-state index in [1.54, 1.807) is 18.2 Å². The molecule has 0 amide bonds. The number of aliphatic hydroxyl groups excluding tert-OH is 1. The molecule has 5 heteroatoms. The minimum absolute atomic E-state index is 0.190. The minimum atomic E-state index is -0.918. The third kappa shape index (κ3) is 3.53. The van der Waals surface area contributed by atoms with E-state index in [0.717, 1.165) is 16.6 Å². The Kier molecular flexibility index (Phi) is 4.55. The number of hydrogen-bond donors (Lipinski definition) is 1. The lowest BCUT2D eigenvalue weighted by atomic mass is 10.0. The molecule has 2 rings (SSSR count). The van der Waals surface area contributed by atoms with Crippen LogP contribution in [-0.4, -0.2) is 5.11 Å². The summed E-state index contributed by atoms with van der Waals surface area (Å²) in [5.41, 5.74) is 1.14. The van der Waals surface area contributed by atoms with Crippen LogP contribution in [0.5, 0.6) is 0 Å². The van der Waals surface area contributed by atoms with E-state index in [4.69, 9.17) is 11.6 Å². The summed E-state index contributed by atoms with van der Waals surface area (Å²) in [6.07, 6.45) is -0.634. The standard InChI is InChI=1S/C14H10BrClF2O/c15-10-3-2-9(7-11(10)16)14(19)6-8-1-4-12(17)13(18)5-8/h1-5,7,14,19H,6H2. The monoisotopic (exact) mass is 346 g/mol. The summed E-state index contributed by atoms with van der Waals surface area (Å²) in [7, 11) is 0. The van der Waals surface area contributed by atoms with Crippen molar-refractivity contribution in [2.24, 2.45) is 0 Å². The Hall–Kier alpha value is -0.970. The van der Waals surface area contributed by atoms with Crippen LogP contribution in [0.2, 0.25) is 5.02 Å². The minimum Gasteiger partial charge on any atom is -0.388 e. The highest BCUT2D eigenvalue weighted by Gasteiger charge is 2.12. The Bertz CT molecular complexity index is 604. The van der Waals surface area contributed by atoms with Crippen molar-refractivity contribution in [3.05, 3.63) is 68.7 Å². The van der Waals surface area contributed by atoms with Crippen LogP contribution >= 0.6 is 27.5 Å². The summed E-state index contributed by atoms with van der Waals surface area (Å²) < 4.78 is 26.6. The molecule has 0 saturated heterocycles. The maximum atomic E-state index is 13.1. The van der Waals surface area contributed by atoms with Gasteiger partial charge in [0.1, 0.15) is 0 Å². The first kappa shape index (κ1) is 14.4. The lowest BCUT2D eigenvalue weighted by Crippen LogP contribution is -2.02. The molecule has 19 heavy (non-hydrogen) atoms. The Morgan fingerprint density at radius 1 is 1.11 bits per heavy atom. The van der Waals surface area contributed by atoms with Gasteiger partial charge in [-0.1, -0.05) is 23.7 Å². The van der Waals surface area contributed by atoms with Crippen molar-refractivity contribution in [1.29, 1.82) is 0 Å². The van der Waals surface area contributed by atoms with E-state index in [9.17, 15) is 13.9 Å². The topological polar surface area (TPSA) is 20.2 Å². The van der Waals surface area contributed by atoms with Gasteiger partial charge in [0.2, 0.25) is 0 Å². The largest absolute Gasteiger partial charge is 0.388 e. The molecule has 2 aromatic rings. The van der Waals surface area contributed by atoms with E-state index >= 15 is 0 Å². The summed E-state index contributed by atoms with van der Waals surface area (Å²) in [6.45, 7) is 0. The van der Waals surface area contributed by atoms with Crippen LogP contribution in [0, 0.1) is 11.6 Å². The number of halogens is 4. The summed E-state index contributed by atoms with van der Waals surface area (Å²) in [5, 5.41) is 10.5. The van der Waals surface area contributed by atoms with Crippen LogP contribution in [0.4, 0.5) is 8.78 Å². The predicted molar refractivity (Wildman–Crippen MR) is 74.2 cm³/mol. The molecular weight excluding hydrogens is 338 g/mol. The van der Waals surface area contributed by atoms with Crippen molar-refractivity contribution in [2.45, 2.75) is 12.5 Å². The summed E-state index contributed by atoms with van der Waals surface area (Å²) >= 11 is 9.20. The highest BCUT2D eigenvalue weighted by atomic mass is 79.9. The molecule has 0 aliphatic heterocycles. The Balaban J connectivity index is 2.17. The van der Waals surface area contributed by atoms with Gasteiger partial charge in [-0.05, 0) is 51.3 Å². The summed E-state index contributed by atoms with van der Waals surface area (Å²) in [5.74, 6) is -1.82. The fourth-order valence-electron chi connectivity index (χ4n) is 1.73. The van der Waals surface area contributed by atoms with Crippen molar-refractivity contribution in [3.63, 3.8) is 0 Å². The number of aliphatic hydroxyl groups is 1. The Morgan fingerprint density at radius 2 is 1.84 bits per heavy atom. The average Bonchev–Trinajstić information content (AvgIpc) is 2.37. The zero-order valence-corrected chi connectivity index (χ0v) is 12.0. The molecule has 0 bridgehead atoms. The van der Waals surface area contributed by atoms with Gasteiger partial charge in [-0.15, -0.1) is 0 Å². The van der Waals surface area contributed by atoms with Gasteiger partial charge >= 0.3 is 0 Å². The van der Waals surface area contributed by atoms with Gasteiger partial charge in [-0.2, -0.15) is 0 Å². The van der Waals surface area contributed by atoms with Crippen molar-refractivity contribution in [2.75, 3.05) is 0 Å². The molecular formula is C14H10BrClF2O. The lowest BCUT2D eigenvalue weighted by molar-refractivity contribution is 0.178. The molecule has 0 aliphatic carbocycles. The first-order valence-corrected chi connectivity index (χ1v) is 6.71. The molecule has 0 spiro atoms. The second kappa shape index (κ2) is 5.99. The quantitative estimate of drug-likeness (QED) is 0.856. The third-order valence-corrected chi connectivity index (χ3v) is 3.97. The second-order valence-electron chi connectivity index (χ2n) is 4.14. The summed E-state index contributed by atoms with van der Waals surface area (Å²) in [4.78, 5) is 0. The highest BCUT2D eigenvalue weighted by Crippen LogP contribution is 2.27. The van der Waals surface area contributed by atoms with Gasteiger partial charge in [0, 0.05) is 10.9 Å². The van der Waals surface area contributed by atoms with Crippen molar-refractivity contribution in [1.82, 2.24) is 0 Å². The van der Waals surface area contributed by atoms with Crippen LogP contribution < -0.4 is 0 Å².